The van der Waals surface area contributed by atoms with E-state index in [0.29, 0.717) is 25.4 Å². The number of amides is 1. The molecule has 3 nitrogen and oxygen atoms in total. The summed E-state index contributed by atoms with van der Waals surface area (Å²) >= 11 is 0. The highest BCUT2D eigenvalue weighted by atomic mass is 16.1. The highest BCUT2D eigenvalue weighted by Crippen LogP contribution is 2.02. The summed E-state index contributed by atoms with van der Waals surface area (Å²) in [6.45, 7) is 8.87. The minimum absolute atomic E-state index is 0.0864. The monoisotopic (exact) mass is 184 g/mol. The fourth-order valence-electron chi connectivity index (χ4n) is 0.833. The van der Waals surface area contributed by atoms with Gasteiger partial charge in [0.2, 0.25) is 5.91 Å². The minimum atomic E-state index is 0.0864. The summed E-state index contributed by atoms with van der Waals surface area (Å²) in [6, 6.07) is 0. The zero-order valence-electron chi connectivity index (χ0n) is 8.60. The van der Waals surface area contributed by atoms with Crippen molar-refractivity contribution in [2.45, 2.75) is 26.7 Å². The molecule has 0 rings (SSSR count). The second-order valence-corrected chi connectivity index (χ2v) is 3.61. The van der Waals surface area contributed by atoms with Crippen molar-refractivity contribution < 1.29 is 4.79 Å². The first-order chi connectivity index (χ1) is 6.06. The maximum atomic E-state index is 11.2. The molecule has 13 heavy (non-hydrogen) atoms. The van der Waals surface area contributed by atoms with Crippen LogP contribution in [0.4, 0.5) is 0 Å². The molecule has 0 aliphatic carbocycles. The molecule has 0 radical (unpaired) electrons. The Labute approximate surface area is 80.4 Å². The standard InChI is InChI=1S/C10H20N2O/c1-8(2)7-12-10(13)5-4-9(3)6-11/h9H,1,4-7,11H2,2-3H3,(H,12,13). The maximum absolute atomic E-state index is 11.2. The molecular formula is C10H20N2O. The molecule has 0 aromatic rings. The fourth-order valence-corrected chi connectivity index (χ4v) is 0.833. The van der Waals surface area contributed by atoms with Crippen LogP contribution in [0.3, 0.4) is 0 Å². The molecule has 1 unspecified atom stereocenters. The van der Waals surface area contributed by atoms with Crippen LogP contribution in [0.25, 0.3) is 0 Å². The SMILES string of the molecule is C=C(C)CNC(=O)CCC(C)CN. The average Bonchev–Trinajstić information content (AvgIpc) is 2.10. The molecule has 76 valence electrons. The van der Waals surface area contributed by atoms with Crippen LogP contribution in [-0.2, 0) is 4.79 Å². The van der Waals surface area contributed by atoms with Crippen LogP contribution in [0, 0.1) is 5.92 Å². The van der Waals surface area contributed by atoms with E-state index < -0.39 is 0 Å². The number of hydrogen-bond donors (Lipinski definition) is 2. The maximum Gasteiger partial charge on any atom is 0.220 e. The second kappa shape index (κ2) is 6.66. The molecule has 0 spiro atoms. The molecule has 0 heterocycles. The molecular weight excluding hydrogens is 164 g/mol. The summed E-state index contributed by atoms with van der Waals surface area (Å²) in [4.78, 5) is 11.2. The van der Waals surface area contributed by atoms with Gasteiger partial charge in [0.25, 0.3) is 0 Å². The summed E-state index contributed by atoms with van der Waals surface area (Å²) in [5.74, 6) is 0.513. The normalized spacial score (nSPS) is 12.2. The highest BCUT2D eigenvalue weighted by Gasteiger charge is 2.04. The summed E-state index contributed by atoms with van der Waals surface area (Å²) in [5.41, 5.74) is 6.41. The van der Waals surface area contributed by atoms with E-state index in [0.717, 1.165) is 12.0 Å². The van der Waals surface area contributed by atoms with Crippen molar-refractivity contribution in [3.05, 3.63) is 12.2 Å². The van der Waals surface area contributed by atoms with Crippen LogP contribution in [0.5, 0.6) is 0 Å². The van der Waals surface area contributed by atoms with Gasteiger partial charge in [0.05, 0.1) is 0 Å². The number of carbonyl (C=O) groups excluding carboxylic acids is 1. The van der Waals surface area contributed by atoms with E-state index in [-0.39, 0.29) is 5.91 Å². The topological polar surface area (TPSA) is 55.1 Å². The molecule has 0 saturated carbocycles. The van der Waals surface area contributed by atoms with E-state index in [9.17, 15) is 4.79 Å². The van der Waals surface area contributed by atoms with Crippen LogP contribution in [0.15, 0.2) is 12.2 Å². The minimum Gasteiger partial charge on any atom is -0.352 e. The van der Waals surface area contributed by atoms with Crippen LogP contribution in [0.1, 0.15) is 26.7 Å². The lowest BCUT2D eigenvalue weighted by molar-refractivity contribution is -0.121. The van der Waals surface area contributed by atoms with Gasteiger partial charge in [-0.3, -0.25) is 4.79 Å². The smallest absolute Gasteiger partial charge is 0.220 e. The number of hydrogen-bond acceptors (Lipinski definition) is 2. The Kier molecular flexibility index (Phi) is 6.24. The molecule has 0 saturated heterocycles. The van der Waals surface area contributed by atoms with Gasteiger partial charge in [0.1, 0.15) is 0 Å². The molecule has 3 heteroatoms. The number of carbonyl (C=O) groups is 1. The van der Waals surface area contributed by atoms with Crippen molar-refractivity contribution in [1.82, 2.24) is 5.32 Å². The van der Waals surface area contributed by atoms with Gasteiger partial charge in [-0.05, 0) is 25.8 Å². The Bertz CT molecular complexity index is 178. The molecule has 0 bridgehead atoms. The van der Waals surface area contributed by atoms with Crippen molar-refractivity contribution in [3.63, 3.8) is 0 Å². The third kappa shape index (κ3) is 7.53. The molecule has 0 aromatic heterocycles. The van der Waals surface area contributed by atoms with Gasteiger partial charge in [-0.2, -0.15) is 0 Å². The summed E-state index contributed by atoms with van der Waals surface area (Å²) in [5, 5.41) is 2.78. The van der Waals surface area contributed by atoms with E-state index in [1.807, 2.05) is 13.8 Å². The quantitative estimate of drug-likeness (QED) is 0.606. The van der Waals surface area contributed by atoms with Crippen molar-refractivity contribution in [1.29, 1.82) is 0 Å². The van der Waals surface area contributed by atoms with Gasteiger partial charge < -0.3 is 11.1 Å². The third-order valence-corrected chi connectivity index (χ3v) is 1.85. The van der Waals surface area contributed by atoms with Gasteiger partial charge in [0.15, 0.2) is 0 Å². The van der Waals surface area contributed by atoms with Crippen molar-refractivity contribution in [3.8, 4) is 0 Å². The summed E-state index contributed by atoms with van der Waals surface area (Å²) in [7, 11) is 0. The first-order valence-corrected chi connectivity index (χ1v) is 4.67. The first-order valence-electron chi connectivity index (χ1n) is 4.67. The third-order valence-electron chi connectivity index (χ3n) is 1.85. The Morgan fingerprint density at radius 2 is 2.23 bits per heavy atom. The van der Waals surface area contributed by atoms with Crippen LogP contribution < -0.4 is 11.1 Å². The first kappa shape index (κ1) is 12.2. The van der Waals surface area contributed by atoms with E-state index in [4.69, 9.17) is 5.73 Å². The molecule has 1 atom stereocenters. The summed E-state index contributed by atoms with van der Waals surface area (Å²) < 4.78 is 0. The largest absolute Gasteiger partial charge is 0.352 e. The Morgan fingerprint density at radius 3 is 2.69 bits per heavy atom. The van der Waals surface area contributed by atoms with Crippen LogP contribution in [-0.4, -0.2) is 19.0 Å². The zero-order chi connectivity index (χ0) is 10.3. The fraction of sp³-hybridized carbons (Fsp3) is 0.700. The number of nitrogens with two attached hydrogens (primary N) is 1. The number of nitrogens with one attached hydrogen (secondary N) is 1. The van der Waals surface area contributed by atoms with Gasteiger partial charge in [0, 0.05) is 13.0 Å². The Balaban J connectivity index is 3.46. The van der Waals surface area contributed by atoms with Crippen molar-refractivity contribution >= 4 is 5.91 Å². The molecule has 0 aliphatic rings. The lowest BCUT2D eigenvalue weighted by Gasteiger charge is -2.08. The highest BCUT2D eigenvalue weighted by molar-refractivity contribution is 5.76. The van der Waals surface area contributed by atoms with Gasteiger partial charge in [-0.15, -0.1) is 0 Å². The molecule has 1 amide bonds. The Hall–Kier alpha value is -0.830. The molecule has 0 fully saturated rings. The van der Waals surface area contributed by atoms with Crippen LogP contribution in [0.2, 0.25) is 0 Å². The lowest BCUT2D eigenvalue weighted by Crippen LogP contribution is -2.25. The van der Waals surface area contributed by atoms with E-state index in [2.05, 4.69) is 11.9 Å². The van der Waals surface area contributed by atoms with Gasteiger partial charge in [-0.25, -0.2) is 0 Å². The molecule has 3 N–H and O–H groups in total. The predicted molar refractivity (Wildman–Crippen MR) is 55.3 cm³/mol. The van der Waals surface area contributed by atoms with Gasteiger partial charge in [-0.1, -0.05) is 19.1 Å². The van der Waals surface area contributed by atoms with Crippen molar-refractivity contribution in [2.75, 3.05) is 13.1 Å². The zero-order valence-corrected chi connectivity index (χ0v) is 8.60. The predicted octanol–water partition coefficient (Wildman–Crippen LogP) is 1.05. The van der Waals surface area contributed by atoms with E-state index in [1.165, 1.54) is 0 Å². The lowest BCUT2D eigenvalue weighted by atomic mass is 10.1. The van der Waals surface area contributed by atoms with Crippen molar-refractivity contribution in [2.24, 2.45) is 11.7 Å². The molecule has 0 aliphatic heterocycles. The Morgan fingerprint density at radius 1 is 1.62 bits per heavy atom. The van der Waals surface area contributed by atoms with Gasteiger partial charge >= 0.3 is 0 Å². The summed E-state index contributed by atoms with van der Waals surface area (Å²) in [6.07, 6.45) is 1.42. The average molecular weight is 184 g/mol. The van der Waals surface area contributed by atoms with Crippen LogP contribution >= 0.6 is 0 Å². The second-order valence-electron chi connectivity index (χ2n) is 3.61. The van der Waals surface area contributed by atoms with E-state index >= 15 is 0 Å². The molecule has 0 aromatic carbocycles. The van der Waals surface area contributed by atoms with E-state index in [1.54, 1.807) is 0 Å². The number of rotatable bonds is 6.